The SMILES string of the molecule is CCCCCCCCCCCCCCCOc1ccc(C=NCCCN=Cc2ccc(OCCCCCCCCCCCCCCC)cc2O)c(O)c1. The molecule has 2 aromatic rings. The van der Waals surface area contributed by atoms with Crippen molar-refractivity contribution in [3.8, 4) is 23.0 Å². The van der Waals surface area contributed by atoms with Crippen LogP contribution in [0.4, 0.5) is 0 Å². The summed E-state index contributed by atoms with van der Waals surface area (Å²) in [5.41, 5.74) is 1.37. The van der Waals surface area contributed by atoms with Crippen LogP contribution < -0.4 is 9.47 Å². The van der Waals surface area contributed by atoms with Gasteiger partial charge in [0.2, 0.25) is 0 Å². The summed E-state index contributed by atoms with van der Waals surface area (Å²) in [5.74, 6) is 1.76. The van der Waals surface area contributed by atoms with E-state index in [-0.39, 0.29) is 11.5 Å². The zero-order chi connectivity index (χ0) is 37.9. The van der Waals surface area contributed by atoms with E-state index >= 15 is 0 Å². The van der Waals surface area contributed by atoms with Crippen molar-refractivity contribution in [3.05, 3.63) is 47.5 Å². The van der Waals surface area contributed by atoms with Crippen molar-refractivity contribution in [2.24, 2.45) is 9.98 Å². The molecule has 53 heavy (non-hydrogen) atoms. The smallest absolute Gasteiger partial charge is 0.128 e. The highest BCUT2D eigenvalue weighted by atomic mass is 16.5. The number of benzene rings is 2. The van der Waals surface area contributed by atoms with Crippen LogP contribution in [0.25, 0.3) is 0 Å². The number of phenolic OH excluding ortho intramolecular Hbond substituents is 2. The number of nitrogens with zero attached hydrogens (tertiary/aromatic N) is 2. The fourth-order valence-corrected chi connectivity index (χ4v) is 6.64. The first-order chi connectivity index (χ1) is 26.1. The van der Waals surface area contributed by atoms with Gasteiger partial charge >= 0.3 is 0 Å². The predicted octanol–water partition coefficient (Wildman–Crippen LogP) is 14.0. The van der Waals surface area contributed by atoms with Crippen molar-refractivity contribution in [3.63, 3.8) is 0 Å². The normalized spacial score (nSPS) is 11.7. The summed E-state index contributed by atoms with van der Waals surface area (Å²) in [4.78, 5) is 8.92. The number of phenols is 2. The van der Waals surface area contributed by atoms with Gasteiger partial charge in [-0.25, -0.2) is 0 Å². The van der Waals surface area contributed by atoms with Crippen LogP contribution in [0.5, 0.6) is 23.0 Å². The predicted molar refractivity (Wildman–Crippen MR) is 228 cm³/mol. The number of hydrogen-bond acceptors (Lipinski definition) is 6. The molecule has 6 nitrogen and oxygen atoms in total. The minimum Gasteiger partial charge on any atom is -0.507 e. The zero-order valence-electron chi connectivity index (χ0n) is 34.1. The van der Waals surface area contributed by atoms with Crippen molar-refractivity contribution in [2.45, 2.75) is 187 Å². The van der Waals surface area contributed by atoms with Crippen LogP contribution in [0.1, 0.15) is 198 Å². The molecule has 2 rings (SSSR count). The standard InChI is InChI=1S/C47H78N2O4/c1-3-5-7-9-11-13-15-17-19-21-23-25-27-36-52-44-32-30-42(46(50)38-44)40-48-34-29-35-49-41-43-31-33-45(39-47(43)51)53-37-28-26-24-22-20-18-16-14-12-10-8-6-4-2/h30-33,38-41,50-51H,3-29,34-37H2,1-2H3. The van der Waals surface area contributed by atoms with Gasteiger partial charge in [-0.15, -0.1) is 0 Å². The van der Waals surface area contributed by atoms with E-state index in [9.17, 15) is 10.2 Å². The summed E-state index contributed by atoms with van der Waals surface area (Å²) in [7, 11) is 0. The maximum Gasteiger partial charge on any atom is 0.128 e. The van der Waals surface area contributed by atoms with E-state index in [4.69, 9.17) is 9.47 Å². The van der Waals surface area contributed by atoms with E-state index in [1.807, 2.05) is 24.3 Å². The third-order valence-electron chi connectivity index (χ3n) is 10.1. The van der Waals surface area contributed by atoms with E-state index in [1.165, 1.54) is 154 Å². The summed E-state index contributed by atoms with van der Waals surface area (Å²) in [6.07, 6.45) is 38.9. The maximum atomic E-state index is 10.4. The number of ether oxygens (including phenoxy) is 2. The first-order valence-electron chi connectivity index (χ1n) is 22.0. The van der Waals surface area contributed by atoms with Crippen LogP contribution in [0, 0.1) is 0 Å². The van der Waals surface area contributed by atoms with Gasteiger partial charge in [0.1, 0.15) is 23.0 Å². The molecule has 0 aromatic heterocycles. The quantitative estimate of drug-likeness (QED) is 0.0539. The molecule has 0 heterocycles. The van der Waals surface area contributed by atoms with Crippen molar-refractivity contribution in [2.75, 3.05) is 26.3 Å². The third-order valence-corrected chi connectivity index (χ3v) is 10.1. The molecule has 6 heteroatoms. The molecule has 0 aliphatic heterocycles. The molecular weight excluding hydrogens is 657 g/mol. The topological polar surface area (TPSA) is 83.6 Å². The van der Waals surface area contributed by atoms with Gasteiger partial charge in [0, 0.05) is 48.8 Å². The molecule has 300 valence electrons. The summed E-state index contributed by atoms with van der Waals surface area (Å²) < 4.78 is 11.7. The van der Waals surface area contributed by atoms with Gasteiger partial charge in [-0.1, -0.05) is 168 Å². The van der Waals surface area contributed by atoms with Gasteiger partial charge in [-0.2, -0.15) is 0 Å². The molecule has 0 unspecified atom stereocenters. The van der Waals surface area contributed by atoms with Gasteiger partial charge < -0.3 is 19.7 Å². The number of hydrogen-bond donors (Lipinski definition) is 2. The Balaban J connectivity index is 1.47. The summed E-state index contributed by atoms with van der Waals surface area (Å²) >= 11 is 0. The van der Waals surface area contributed by atoms with Crippen molar-refractivity contribution in [1.29, 1.82) is 0 Å². The van der Waals surface area contributed by atoms with Gasteiger partial charge in [-0.3, -0.25) is 9.98 Å². The van der Waals surface area contributed by atoms with Crippen LogP contribution in [-0.2, 0) is 0 Å². The highest BCUT2D eigenvalue weighted by Gasteiger charge is 2.04. The number of aliphatic imine (C=N–C) groups is 2. The summed E-state index contributed by atoms with van der Waals surface area (Å²) in [6.45, 7) is 7.12. The van der Waals surface area contributed by atoms with Crippen LogP contribution in [-0.4, -0.2) is 48.9 Å². The van der Waals surface area contributed by atoms with Crippen molar-refractivity contribution >= 4 is 12.4 Å². The molecule has 0 aliphatic rings. The molecule has 0 saturated heterocycles. The molecule has 0 amide bonds. The van der Waals surface area contributed by atoms with E-state index in [1.54, 1.807) is 24.6 Å². The van der Waals surface area contributed by atoms with E-state index < -0.39 is 0 Å². The first-order valence-corrected chi connectivity index (χ1v) is 22.0. The summed E-state index contributed by atoms with van der Waals surface area (Å²) in [5, 5.41) is 20.9. The van der Waals surface area contributed by atoms with Gasteiger partial charge in [0.15, 0.2) is 0 Å². The molecule has 0 fully saturated rings. The Morgan fingerprint density at radius 3 is 1.02 bits per heavy atom. The minimum absolute atomic E-state index is 0.182. The average Bonchev–Trinajstić information content (AvgIpc) is 3.16. The largest absolute Gasteiger partial charge is 0.507 e. The average molecular weight is 735 g/mol. The van der Waals surface area contributed by atoms with E-state index in [0.29, 0.717) is 48.9 Å². The number of unbranched alkanes of at least 4 members (excludes halogenated alkanes) is 24. The zero-order valence-corrected chi connectivity index (χ0v) is 34.1. The lowest BCUT2D eigenvalue weighted by Crippen LogP contribution is -1.98. The Morgan fingerprint density at radius 2 is 0.717 bits per heavy atom. The molecule has 2 N–H and O–H groups in total. The Labute approximate surface area is 325 Å². The van der Waals surface area contributed by atoms with Gasteiger partial charge in [0.05, 0.1) is 13.2 Å². The molecule has 2 aromatic carbocycles. The highest BCUT2D eigenvalue weighted by Crippen LogP contribution is 2.24. The molecular formula is C47H78N2O4. The van der Waals surface area contributed by atoms with Crippen LogP contribution in [0.15, 0.2) is 46.4 Å². The monoisotopic (exact) mass is 735 g/mol. The Bertz CT molecular complexity index is 1110. The third kappa shape index (κ3) is 25.6. The highest BCUT2D eigenvalue weighted by molar-refractivity contribution is 5.84. The molecule has 0 saturated carbocycles. The minimum atomic E-state index is 0.182. The van der Waals surface area contributed by atoms with Crippen molar-refractivity contribution in [1.82, 2.24) is 0 Å². The van der Waals surface area contributed by atoms with E-state index in [2.05, 4.69) is 23.8 Å². The second kappa shape index (κ2) is 33.5. The lowest BCUT2D eigenvalue weighted by molar-refractivity contribution is 0.302. The fourth-order valence-electron chi connectivity index (χ4n) is 6.64. The summed E-state index contributed by atoms with van der Waals surface area (Å²) in [6, 6.07) is 10.9. The lowest BCUT2D eigenvalue weighted by Gasteiger charge is -2.08. The molecule has 0 spiro atoms. The van der Waals surface area contributed by atoms with Crippen molar-refractivity contribution < 1.29 is 19.7 Å². The number of rotatable bonds is 36. The maximum absolute atomic E-state index is 10.4. The molecule has 0 atom stereocenters. The Morgan fingerprint density at radius 1 is 0.415 bits per heavy atom. The molecule has 0 bridgehead atoms. The second-order valence-electron chi connectivity index (χ2n) is 15.0. The Kier molecular flexibility index (Phi) is 29.2. The van der Waals surface area contributed by atoms with Crippen LogP contribution in [0.2, 0.25) is 0 Å². The van der Waals surface area contributed by atoms with Crippen LogP contribution >= 0.6 is 0 Å². The fraction of sp³-hybridized carbons (Fsp3) is 0.702. The Hall–Kier alpha value is -3.02. The van der Waals surface area contributed by atoms with Gasteiger partial charge in [0.25, 0.3) is 0 Å². The second-order valence-corrected chi connectivity index (χ2v) is 15.0. The number of aromatic hydroxyl groups is 2. The molecule has 0 radical (unpaired) electrons. The van der Waals surface area contributed by atoms with Gasteiger partial charge in [-0.05, 0) is 43.5 Å². The van der Waals surface area contributed by atoms with E-state index in [0.717, 1.165) is 19.3 Å². The van der Waals surface area contributed by atoms with Crippen LogP contribution in [0.3, 0.4) is 0 Å². The molecule has 0 aliphatic carbocycles. The lowest BCUT2D eigenvalue weighted by atomic mass is 10.0. The first kappa shape index (κ1) is 46.1.